The average molecular weight is 265 g/mol. The van der Waals surface area contributed by atoms with Crippen LogP contribution in [0, 0.1) is 12.8 Å². The summed E-state index contributed by atoms with van der Waals surface area (Å²) in [7, 11) is 4.10. The first kappa shape index (κ1) is 13.8. The van der Waals surface area contributed by atoms with Crippen LogP contribution in [0.5, 0.6) is 0 Å². The molecule has 2 rings (SSSR count). The third-order valence-electron chi connectivity index (χ3n) is 4.22. The van der Waals surface area contributed by atoms with E-state index in [2.05, 4.69) is 32.8 Å². The average Bonchev–Trinajstić information content (AvgIpc) is 2.74. The summed E-state index contributed by atoms with van der Waals surface area (Å²) in [5.41, 5.74) is -0.269. The number of carbonyl (C=O) groups excluding carboxylic acids is 1. The molecule has 1 heterocycles. The quantitative estimate of drug-likeness (QED) is 0.776. The molecule has 2 nitrogen and oxygen atoms in total. The number of rotatable bonds is 3. The summed E-state index contributed by atoms with van der Waals surface area (Å²) in [5, 5.41) is 0. The summed E-state index contributed by atoms with van der Waals surface area (Å²) in [5.74, 6) is 0.975. The molecular weight excluding hydrogens is 242 g/mol. The number of thiophene rings is 1. The van der Waals surface area contributed by atoms with E-state index in [4.69, 9.17) is 0 Å². The molecule has 0 radical (unpaired) electrons. The van der Waals surface area contributed by atoms with Crippen molar-refractivity contribution in [1.82, 2.24) is 4.90 Å². The molecule has 2 atom stereocenters. The molecule has 1 fully saturated rings. The molecule has 0 bridgehead atoms. The topological polar surface area (TPSA) is 20.3 Å². The lowest BCUT2D eigenvalue weighted by Crippen LogP contribution is -2.53. The van der Waals surface area contributed by atoms with E-state index >= 15 is 0 Å². The zero-order valence-electron chi connectivity index (χ0n) is 11.8. The van der Waals surface area contributed by atoms with Crippen LogP contribution in [0.2, 0.25) is 0 Å². The van der Waals surface area contributed by atoms with Gasteiger partial charge in [0, 0.05) is 4.88 Å². The Morgan fingerprint density at radius 2 is 2.17 bits per heavy atom. The number of likely N-dealkylation sites (N-methyl/N-ethyl adjacent to an activating group) is 1. The first-order valence-corrected chi connectivity index (χ1v) is 7.56. The Labute approximate surface area is 114 Å². The van der Waals surface area contributed by atoms with Crippen LogP contribution >= 0.6 is 11.3 Å². The van der Waals surface area contributed by atoms with E-state index in [0.29, 0.717) is 11.7 Å². The van der Waals surface area contributed by atoms with Gasteiger partial charge in [0.1, 0.15) is 0 Å². The van der Waals surface area contributed by atoms with E-state index in [9.17, 15) is 4.79 Å². The molecule has 1 aliphatic rings. The second-order valence-electron chi connectivity index (χ2n) is 5.87. The summed E-state index contributed by atoms with van der Waals surface area (Å²) in [4.78, 5) is 17.2. The van der Waals surface area contributed by atoms with Crippen LogP contribution in [-0.4, -0.2) is 30.3 Å². The molecule has 2 unspecified atom stereocenters. The normalized spacial score (nSPS) is 28.6. The van der Waals surface area contributed by atoms with E-state index < -0.39 is 0 Å². The zero-order chi connectivity index (χ0) is 13.3. The minimum Gasteiger partial charge on any atom is -0.297 e. The van der Waals surface area contributed by atoms with Crippen molar-refractivity contribution in [2.75, 3.05) is 14.1 Å². The zero-order valence-corrected chi connectivity index (χ0v) is 12.6. The molecule has 1 aromatic heterocycles. The van der Waals surface area contributed by atoms with Gasteiger partial charge in [0.25, 0.3) is 0 Å². The monoisotopic (exact) mass is 265 g/mol. The molecule has 3 heteroatoms. The van der Waals surface area contributed by atoms with Crippen LogP contribution in [0.1, 0.15) is 47.2 Å². The van der Waals surface area contributed by atoms with Crippen LogP contribution in [0.25, 0.3) is 0 Å². The van der Waals surface area contributed by atoms with Gasteiger partial charge in [-0.1, -0.05) is 19.8 Å². The third kappa shape index (κ3) is 2.39. The van der Waals surface area contributed by atoms with Gasteiger partial charge >= 0.3 is 0 Å². The SMILES string of the molecule is Cc1ccc(C(=O)C2(N(C)C)CCCC(C)C2)s1. The van der Waals surface area contributed by atoms with E-state index in [1.54, 1.807) is 11.3 Å². The van der Waals surface area contributed by atoms with E-state index in [1.807, 2.05) is 12.1 Å². The Morgan fingerprint density at radius 1 is 1.44 bits per heavy atom. The lowest BCUT2D eigenvalue weighted by atomic mass is 9.73. The Bertz CT molecular complexity index is 437. The molecule has 0 aliphatic heterocycles. The Balaban J connectivity index is 2.32. The first-order valence-electron chi connectivity index (χ1n) is 6.74. The van der Waals surface area contributed by atoms with E-state index in [1.165, 1.54) is 11.3 Å². The maximum absolute atomic E-state index is 12.9. The van der Waals surface area contributed by atoms with Gasteiger partial charge in [-0.15, -0.1) is 11.3 Å². The number of hydrogen-bond donors (Lipinski definition) is 0. The number of Topliss-reactive ketones (excluding diaryl/α,β-unsaturated/α-hetero) is 1. The highest BCUT2D eigenvalue weighted by Crippen LogP contribution is 2.39. The maximum Gasteiger partial charge on any atom is 0.192 e. The van der Waals surface area contributed by atoms with E-state index in [0.717, 1.165) is 24.1 Å². The molecule has 0 aromatic carbocycles. The van der Waals surface area contributed by atoms with Crippen LogP contribution < -0.4 is 0 Å². The Morgan fingerprint density at radius 3 is 2.67 bits per heavy atom. The van der Waals surface area contributed by atoms with Crippen LogP contribution in [0.3, 0.4) is 0 Å². The standard InChI is InChI=1S/C15H23NOS/c1-11-6-5-9-15(10-11,16(3)4)14(17)13-8-7-12(2)18-13/h7-8,11H,5-6,9-10H2,1-4H3. The number of aryl methyl sites for hydroxylation is 1. The van der Waals surface area contributed by atoms with Crippen molar-refractivity contribution in [1.29, 1.82) is 0 Å². The predicted molar refractivity (Wildman–Crippen MR) is 77.4 cm³/mol. The molecule has 0 spiro atoms. The van der Waals surface area contributed by atoms with Crippen molar-refractivity contribution in [3.8, 4) is 0 Å². The molecular formula is C15H23NOS. The van der Waals surface area contributed by atoms with Gasteiger partial charge in [-0.05, 0) is 51.9 Å². The van der Waals surface area contributed by atoms with Gasteiger partial charge in [0.15, 0.2) is 5.78 Å². The Hall–Kier alpha value is -0.670. The largest absolute Gasteiger partial charge is 0.297 e. The number of nitrogens with zero attached hydrogens (tertiary/aromatic N) is 1. The second kappa shape index (κ2) is 5.14. The number of ketones is 1. The molecule has 1 saturated carbocycles. The number of carbonyl (C=O) groups is 1. The minimum absolute atomic E-state index is 0.269. The predicted octanol–water partition coefficient (Wildman–Crippen LogP) is 3.75. The lowest BCUT2D eigenvalue weighted by Gasteiger charge is -2.43. The van der Waals surface area contributed by atoms with Gasteiger partial charge < -0.3 is 0 Å². The summed E-state index contributed by atoms with van der Waals surface area (Å²) >= 11 is 1.63. The summed E-state index contributed by atoms with van der Waals surface area (Å²) < 4.78 is 0. The fourth-order valence-corrected chi connectivity index (χ4v) is 4.03. The van der Waals surface area contributed by atoms with Crippen molar-refractivity contribution in [2.24, 2.45) is 5.92 Å². The van der Waals surface area contributed by atoms with Crippen molar-refractivity contribution in [2.45, 2.75) is 45.1 Å². The maximum atomic E-state index is 12.9. The fourth-order valence-electron chi connectivity index (χ4n) is 3.12. The molecule has 1 aromatic rings. The molecule has 0 N–H and O–H groups in total. The molecule has 0 amide bonds. The van der Waals surface area contributed by atoms with E-state index in [-0.39, 0.29) is 5.54 Å². The van der Waals surface area contributed by atoms with Crippen LogP contribution in [0.4, 0.5) is 0 Å². The minimum atomic E-state index is -0.269. The highest BCUT2D eigenvalue weighted by atomic mass is 32.1. The molecule has 1 aliphatic carbocycles. The van der Waals surface area contributed by atoms with Crippen molar-refractivity contribution in [3.63, 3.8) is 0 Å². The smallest absolute Gasteiger partial charge is 0.192 e. The molecule has 0 saturated heterocycles. The second-order valence-corrected chi connectivity index (χ2v) is 7.15. The summed E-state index contributed by atoms with van der Waals surface area (Å²) in [6, 6.07) is 4.04. The van der Waals surface area contributed by atoms with Crippen molar-refractivity contribution >= 4 is 17.1 Å². The van der Waals surface area contributed by atoms with Gasteiger partial charge in [0.2, 0.25) is 0 Å². The fraction of sp³-hybridized carbons (Fsp3) is 0.667. The van der Waals surface area contributed by atoms with Crippen LogP contribution in [-0.2, 0) is 0 Å². The highest BCUT2D eigenvalue weighted by Gasteiger charge is 2.44. The van der Waals surface area contributed by atoms with Crippen LogP contribution in [0.15, 0.2) is 12.1 Å². The van der Waals surface area contributed by atoms with Crippen molar-refractivity contribution < 1.29 is 4.79 Å². The molecule has 100 valence electrons. The summed E-state index contributed by atoms with van der Waals surface area (Å²) in [6.45, 7) is 4.33. The van der Waals surface area contributed by atoms with Gasteiger partial charge in [-0.2, -0.15) is 0 Å². The third-order valence-corrected chi connectivity index (χ3v) is 5.22. The van der Waals surface area contributed by atoms with Gasteiger partial charge in [-0.25, -0.2) is 0 Å². The van der Waals surface area contributed by atoms with Gasteiger partial charge in [-0.3, -0.25) is 9.69 Å². The first-order chi connectivity index (χ1) is 8.45. The lowest BCUT2D eigenvalue weighted by molar-refractivity contribution is 0.0491. The number of hydrogen-bond acceptors (Lipinski definition) is 3. The highest BCUT2D eigenvalue weighted by molar-refractivity contribution is 7.14. The Kier molecular flexibility index (Phi) is 3.93. The van der Waals surface area contributed by atoms with Gasteiger partial charge in [0.05, 0.1) is 10.4 Å². The van der Waals surface area contributed by atoms with Crippen molar-refractivity contribution in [3.05, 3.63) is 21.9 Å². The molecule has 18 heavy (non-hydrogen) atoms. The summed E-state index contributed by atoms with van der Waals surface area (Å²) in [6.07, 6.45) is 4.41.